The smallest absolute Gasteiger partial charge is 0.276 e. The van der Waals surface area contributed by atoms with Crippen LogP contribution < -0.4 is 10.5 Å². The van der Waals surface area contributed by atoms with Gasteiger partial charge in [0.25, 0.3) is 5.69 Å². The summed E-state index contributed by atoms with van der Waals surface area (Å²) in [6, 6.07) is 8.55. The lowest BCUT2D eigenvalue weighted by molar-refractivity contribution is -0.385. The number of benzene rings is 2. The highest BCUT2D eigenvalue weighted by atomic mass is 79.9. The number of hydrogen-bond donors (Lipinski definition) is 1. The van der Waals surface area contributed by atoms with Gasteiger partial charge in [-0.3, -0.25) is 10.1 Å². The Bertz CT molecular complexity index is 679. The van der Waals surface area contributed by atoms with Gasteiger partial charge in [0.15, 0.2) is 0 Å². The zero-order valence-corrected chi connectivity index (χ0v) is 12.5. The summed E-state index contributed by atoms with van der Waals surface area (Å²) in [4.78, 5) is 10.3. The van der Waals surface area contributed by atoms with E-state index in [2.05, 4.69) is 15.9 Å². The second-order valence-electron chi connectivity index (χ2n) is 4.27. The monoisotopic (exact) mass is 354 g/mol. The molecule has 0 heterocycles. The molecule has 2 aromatic carbocycles. The molecule has 0 saturated heterocycles. The highest BCUT2D eigenvalue weighted by Crippen LogP contribution is 2.26. The molecule has 0 bridgehead atoms. The first kappa shape index (κ1) is 15.4. The summed E-state index contributed by atoms with van der Waals surface area (Å²) in [6.45, 7) is 0.155. The molecule has 0 aliphatic carbocycles. The van der Waals surface area contributed by atoms with E-state index in [1.54, 1.807) is 18.2 Å². The lowest BCUT2D eigenvalue weighted by Gasteiger charge is -2.11. The molecular formula is C14H12BrFN2O3. The van der Waals surface area contributed by atoms with Crippen molar-refractivity contribution in [3.8, 4) is 5.75 Å². The van der Waals surface area contributed by atoms with E-state index < -0.39 is 10.7 Å². The molecule has 2 rings (SSSR count). The maximum atomic E-state index is 13.2. The molecule has 0 radical (unpaired) electrons. The summed E-state index contributed by atoms with van der Waals surface area (Å²) in [7, 11) is 0. The van der Waals surface area contributed by atoms with Gasteiger partial charge in [-0.05, 0) is 30.3 Å². The minimum absolute atomic E-state index is 0.108. The quantitative estimate of drug-likeness (QED) is 0.657. The van der Waals surface area contributed by atoms with Crippen LogP contribution >= 0.6 is 15.9 Å². The number of hydrogen-bond acceptors (Lipinski definition) is 4. The third-order valence-corrected chi connectivity index (χ3v) is 3.36. The van der Waals surface area contributed by atoms with E-state index in [0.717, 1.165) is 28.2 Å². The third kappa shape index (κ3) is 3.77. The van der Waals surface area contributed by atoms with Crippen LogP contribution in [0, 0.1) is 15.9 Å². The van der Waals surface area contributed by atoms with Crippen LogP contribution in [0.25, 0.3) is 0 Å². The van der Waals surface area contributed by atoms with Crippen molar-refractivity contribution in [3.63, 3.8) is 0 Å². The van der Waals surface area contributed by atoms with E-state index in [-0.39, 0.29) is 24.4 Å². The van der Waals surface area contributed by atoms with Crippen molar-refractivity contribution in [3.05, 3.63) is 67.9 Å². The average molecular weight is 355 g/mol. The fourth-order valence-corrected chi connectivity index (χ4v) is 2.26. The molecule has 0 unspecified atom stereocenters. The molecule has 7 heteroatoms. The minimum atomic E-state index is -0.566. The lowest BCUT2D eigenvalue weighted by atomic mass is 10.1. The molecule has 110 valence electrons. The Morgan fingerprint density at radius 1 is 1.24 bits per heavy atom. The largest absolute Gasteiger partial charge is 0.488 e. The number of nitrogens with zero attached hydrogens (tertiary/aromatic N) is 1. The number of rotatable bonds is 5. The van der Waals surface area contributed by atoms with E-state index in [0.29, 0.717) is 5.75 Å². The van der Waals surface area contributed by atoms with Crippen LogP contribution in [0.4, 0.5) is 10.1 Å². The first-order chi connectivity index (χ1) is 10.0. The van der Waals surface area contributed by atoms with Crippen LogP contribution in [0.5, 0.6) is 5.75 Å². The molecular weight excluding hydrogens is 343 g/mol. The van der Waals surface area contributed by atoms with E-state index in [1.807, 2.05) is 0 Å². The zero-order chi connectivity index (χ0) is 15.4. The van der Waals surface area contributed by atoms with E-state index in [9.17, 15) is 14.5 Å². The van der Waals surface area contributed by atoms with Crippen LogP contribution in [-0.4, -0.2) is 4.92 Å². The van der Waals surface area contributed by atoms with Crippen LogP contribution in [0.1, 0.15) is 11.1 Å². The predicted octanol–water partition coefficient (Wildman–Crippen LogP) is 3.53. The maximum Gasteiger partial charge on any atom is 0.276 e. The molecule has 2 N–H and O–H groups in total. The zero-order valence-electron chi connectivity index (χ0n) is 10.9. The van der Waals surface area contributed by atoms with Crippen molar-refractivity contribution < 1.29 is 14.1 Å². The topological polar surface area (TPSA) is 78.4 Å². The van der Waals surface area contributed by atoms with Crippen molar-refractivity contribution in [1.82, 2.24) is 0 Å². The van der Waals surface area contributed by atoms with Crippen molar-refractivity contribution in [2.24, 2.45) is 5.73 Å². The van der Waals surface area contributed by atoms with Crippen molar-refractivity contribution in [2.75, 3.05) is 0 Å². The van der Waals surface area contributed by atoms with Crippen LogP contribution in [-0.2, 0) is 13.2 Å². The van der Waals surface area contributed by atoms with Crippen molar-refractivity contribution >= 4 is 21.6 Å². The summed E-state index contributed by atoms with van der Waals surface area (Å²) < 4.78 is 19.6. The van der Waals surface area contributed by atoms with Crippen LogP contribution in [0.3, 0.4) is 0 Å². The molecule has 2 aromatic rings. The van der Waals surface area contributed by atoms with Gasteiger partial charge in [0.05, 0.1) is 10.5 Å². The summed E-state index contributed by atoms with van der Waals surface area (Å²) in [5.41, 5.74) is 6.37. The maximum absolute atomic E-state index is 13.2. The minimum Gasteiger partial charge on any atom is -0.488 e. The molecule has 5 nitrogen and oxygen atoms in total. The van der Waals surface area contributed by atoms with Crippen LogP contribution in [0.2, 0.25) is 0 Å². The molecule has 0 aliphatic heterocycles. The highest BCUT2D eigenvalue weighted by molar-refractivity contribution is 9.10. The van der Waals surface area contributed by atoms with Crippen molar-refractivity contribution in [1.29, 1.82) is 0 Å². The van der Waals surface area contributed by atoms with Gasteiger partial charge < -0.3 is 10.5 Å². The average Bonchev–Trinajstić information content (AvgIpc) is 2.45. The van der Waals surface area contributed by atoms with Gasteiger partial charge in [0.2, 0.25) is 0 Å². The number of nitrogens with two attached hydrogens (primary N) is 1. The SMILES string of the molecule is NCc1cc(Br)ccc1OCc1cc(F)ccc1[N+](=O)[O-]. The summed E-state index contributed by atoms with van der Waals surface area (Å²) in [5, 5.41) is 10.9. The molecule has 0 spiro atoms. The second kappa shape index (κ2) is 6.64. The number of nitro groups is 1. The Hall–Kier alpha value is -1.99. The fourth-order valence-electron chi connectivity index (χ4n) is 1.85. The Balaban J connectivity index is 2.24. The van der Waals surface area contributed by atoms with E-state index >= 15 is 0 Å². The number of halogens is 2. The normalized spacial score (nSPS) is 10.4. The molecule has 0 aromatic heterocycles. The summed E-state index contributed by atoms with van der Waals surface area (Å²) >= 11 is 3.32. The first-order valence-corrected chi connectivity index (χ1v) is 6.84. The van der Waals surface area contributed by atoms with Crippen LogP contribution in [0.15, 0.2) is 40.9 Å². The Kier molecular flexibility index (Phi) is 4.87. The van der Waals surface area contributed by atoms with Crippen molar-refractivity contribution in [2.45, 2.75) is 13.2 Å². The van der Waals surface area contributed by atoms with E-state index in [1.165, 1.54) is 0 Å². The Labute approximate surface area is 128 Å². The summed E-state index contributed by atoms with van der Waals surface area (Å²) in [6.07, 6.45) is 0. The van der Waals surface area contributed by atoms with Gasteiger partial charge >= 0.3 is 0 Å². The van der Waals surface area contributed by atoms with Gasteiger partial charge in [-0.1, -0.05) is 15.9 Å². The second-order valence-corrected chi connectivity index (χ2v) is 5.19. The van der Waals surface area contributed by atoms with E-state index in [4.69, 9.17) is 10.5 Å². The molecule has 0 atom stereocenters. The molecule has 0 amide bonds. The fraction of sp³-hybridized carbons (Fsp3) is 0.143. The highest BCUT2D eigenvalue weighted by Gasteiger charge is 2.15. The van der Waals surface area contributed by atoms with Gasteiger partial charge in [0.1, 0.15) is 18.2 Å². The Morgan fingerprint density at radius 3 is 2.67 bits per heavy atom. The van der Waals surface area contributed by atoms with Gasteiger partial charge in [0, 0.05) is 22.6 Å². The molecule has 0 fully saturated rings. The number of nitro benzene ring substituents is 1. The third-order valence-electron chi connectivity index (χ3n) is 2.86. The lowest BCUT2D eigenvalue weighted by Crippen LogP contribution is -2.05. The molecule has 21 heavy (non-hydrogen) atoms. The molecule has 0 saturated carbocycles. The van der Waals surface area contributed by atoms with Gasteiger partial charge in [-0.15, -0.1) is 0 Å². The van der Waals surface area contributed by atoms with Gasteiger partial charge in [-0.25, -0.2) is 4.39 Å². The standard InChI is InChI=1S/C14H12BrFN2O3/c15-11-1-4-14(9(5-11)7-17)21-8-10-6-12(16)2-3-13(10)18(19)20/h1-6H,7-8,17H2. The van der Waals surface area contributed by atoms with Gasteiger partial charge in [-0.2, -0.15) is 0 Å². The predicted molar refractivity (Wildman–Crippen MR) is 79.4 cm³/mol. The Morgan fingerprint density at radius 2 is 2.00 bits per heavy atom. The number of ether oxygens (including phenoxy) is 1. The first-order valence-electron chi connectivity index (χ1n) is 6.05. The molecule has 0 aliphatic rings. The summed E-state index contributed by atoms with van der Waals surface area (Å²) in [5.74, 6) is -0.0340.